The summed E-state index contributed by atoms with van der Waals surface area (Å²) >= 11 is 3.41. The van der Waals surface area contributed by atoms with E-state index < -0.39 is 23.4 Å². The van der Waals surface area contributed by atoms with E-state index in [4.69, 9.17) is 9.47 Å². The molecule has 5 nitrogen and oxygen atoms in total. The number of imide groups is 1. The molecule has 0 aliphatic heterocycles. The van der Waals surface area contributed by atoms with Crippen LogP contribution in [0.4, 0.5) is 9.59 Å². The van der Waals surface area contributed by atoms with E-state index in [0.29, 0.717) is 6.42 Å². The van der Waals surface area contributed by atoms with Crippen LogP contribution in [-0.2, 0) is 15.9 Å². The van der Waals surface area contributed by atoms with Gasteiger partial charge in [0.15, 0.2) is 0 Å². The number of rotatable bonds is 3. The Morgan fingerprint density at radius 1 is 1.00 bits per heavy atom. The standard InChI is InChI=1S/C18H26BrNO4/c1-17(2,3)23-15(21)20(16(22)24-18(4,5)6)11-10-13-8-7-9-14(19)12-13/h7-9,12H,10-11H2,1-6H3. The van der Waals surface area contributed by atoms with Gasteiger partial charge in [-0.25, -0.2) is 14.5 Å². The van der Waals surface area contributed by atoms with E-state index in [1.165, 1.54) is 0 Å². The Morgan fingerprint density at radius 2 is 1.50 bits per heavy atom. The molecular formula is C18H26BrNO4. The van der Waals surface area contributed by atoms with Crippen molar-refractivity contribution in [2.24, 2.45) is 0 Å². The largest absolute Gasteiger partial charge is 0.443 e. The third-order valence-electron chi connectivity index (χ3n) is 2.74. The normalized spacial score (nSPS) is 11.8. The van der Waals surface area contributed by atoms with Crippen molar-refractivity contribution < 1.29 is 19.1 Å². The zero-order valence-corrected chi connectivity index (χ0v) is 16.8. The summed E-state index contributed by atoms with van der Waals surface area (Å²) in [6.07, 6.45) is -0.892. The van der Waals surface area contributed by atoms with Crippen LogP contribution in [0.1, 0.15) is 47.1 Å². The van der Waals surface area contributed by atoms with Gasteiger partial charge in [-0.2, -0.15) is 0 Å². The zero-order chi connectivity index (χ0) is 18.5. The predicted molar refractivity (Wildman–Crippen MR) is 97.0 cm³/mol. The van der Waals surface area contributed by atoms with Gasteiger partial charge in [0.1, 0.15) is 11.2 Å². The lowest BCUT2D eigenvalue weighted by Crippen LogP contribution is -2.44. The van der Waals surface area contributed by atoms with E-state index in [2.05, 4.69) is 15.9 Å². The molecule has 1 rings (SSSR count). The summed E-state index contributed by atoms with van der Waals surface area (Å²) < 4.78 is 11.6. The molecule has 134 valence electrons. The first kappa shape index (κ1) is 20.5. The molecular weight excluding hydrogens is 374 g/mol. The first-order valence-corrected chi connectivity index (χ1v) is 8.65. The molecule has 0 atom stereocenters. The average Bonchev–Trinajstić information content (AvgIpc) is 2.34. The molecule has 24 heavy (non-hydrogen) atoms. The van der Waals surface area contributed by atoms with Gasteiger partial charge in [0.2, 0.25) is 0 Å². The third kappa shape index (κ3) is 7.81. The molecule has 0 heterocycles. The number of ether oxygens (including phenoxy) is 2. The van der Waals surface area contributed by atoms with Crippen LogP contribution in [0.3, 0.4) is 0 Å². The lowest BCUT2D eigenvalue weighted by Gasteiger charge is -2.28. The van der Waals surface area contributed by atoms with Gasteiger partial charge >= 0.3 is 12.2 Å². The second-order valence-corrected chi connectivity index (χ2v) is 8.41. The van der Waals surface area contributed by atoms with Gasteiger partial charge in [-0.05, 0) is 65.7 Å². The number of carbonyl (C=O) groups excluding carboxylic acids is 2. The SMILES string of the molecule is CC(C)(C)OC(=O)N(CCc1cccc(Br)c1)C(=O)OC(C)(C)C. The Kier molecular flexibility index (Phi) is 6.84. The molecule has 0 unspecified atom stereocenters. The van der Waals surface area contributed by atoms with Crippen LogP contribution in [0.5, 0.6) is 0 Å². The van der Waals surface area contributed by atoms with Crippen molar-refractivity contribution in [1.82, 2.24) is 4.90 Å². The van der Waals surface area contributed by atoms with Crippen LogP contribution < -0.4 is 0 Å². The molecule has 0 fully saturated rings. The lowest BCUT2D eigenvalue weighted by atomic mass is 10.1. The van der Waals surface area contributed by atoms with Crippen molar-refractivity contribution in [2.75, 3.05) is 6.54 Å². The number of benzene rings is 1. The van der Waals surface area contributed by atoms with Crippen LogP contribution in [-0.4, -0.2) is 34.8 Å². The minimum absolute atomic E-state index is 0.181. The van der Waals surface area contributed by atoms with E-state index in [0.717, 1.165) is 14.9 Å². The molecule has 0 saturated heterocycles. The summed E-state index contributed by atoms with van der Waals surface area (Å²) in [6, 6.07) is 7.71. The third-order valence-corrected chi connectivity index (χ3v) is 3.23. The van der Waals surface area contributed by atoms with Crippen molar-refractivity contribution in [3.63, 3.8) is 0 Å². The van der Waals surface area contributed by atoms with Gasteiger partial charge < -0.3 is 9.47 Å². The molecule has 0 N–H and O–H groups in total. The van der Waals surface area contributed by atoms with Crippen LogP contribution in [0.2, 0.25) is 0 Å². The second kappa shape index (κ2) is 8.01. The highest BCUT2D eigenvalue weighted by atomic mass is 79.9. The van der Waals surface area contributed by atoms with Gasteiger partial charge in [-0.1, -0.05) is 28.1 Å². The van der Waals surface area contributed by atoms with E-state index >= 15 is 0 Å². The molecule has 0 spiro atoms. The minimum atomic E-state index is -0.702. The van der Waals surface area contributed by atoms with Crippen molar-refractivity contribution in [2.45, 2.75) is 59.2 Å². The second-order valence-electron chi connectivity index (χ2n) is 7.49. The highest BCUT2D eigenvalue weighted by molar-refractivity contribution is 9.10. The maximum absolute atomic E-state index is 12.4. The van der Waals surface area contributed by atoms with Crippen molar-refractivity contribution in [3.05, 3.63) is 34.3 Å². The lowest BCUT2D eigenvalue weighted by molar-refractivity contribution is 0.00171. The Bertz CT molecular complexity index is 559. The monoisotopic (exact) mass is 399 g/mol. The summed E-state index contributed by atoms with van der Waals surface area (Å²) in [6.45, 7) is 10.7. The number of hydrogen-bond acceptors (Lipinski definition) is 4. The van der Waals surface area contributed by atoms with Crippen molar-refractivity contribution in [1.29, 1.82) is 0 Å². The maximum atomic E-state index is 12.4. The molecule has 6 heteroatoms. The van der Waals surface area contributed by atoms with Crippen LogP contribution in [0.25, 0.3) is 0 Å². The molecule has 0 saturated carbocycles. The smallest absolute Gasteiger partial charge is 0.419 e. The number of nitrogens with zero attached hydrogens (tertiary/aromatic N) is 1. The summed E-state index contributed by atoms with van der Waals surface area (Å²) in [5.41, 5.74) is -0.373. The number of hydrogen-bond donors (Lipinski definition) is 0. The van der Waals surface area contributed by atoms with Crippen LogP contribution in [0, 0.1) is 0 Å². The Labute approximate surface area is 152 Å². The Hall–Kier alpha value is -1.56. The molecule has 1 aromatic rings. The maximum Gasteiger partial charge on any atom is 0.419 e. The van der Waals surface area contributed by atoms with Gasteiger partial charge in [0.25, 0.3) is 0 Å². The highest BCUT2D eigenvalue weighted by Crippen LogP contribution is 2.16. The minimum Gasteiger partial charge on any atom is -0.443 e. The molecule has 0 aliphatic carbocycles. The fraction of sp³-hybridized carbons (Fsp3) is 0.556. The Balaban J connectivity index is 2.87. The van der Waals surface area contributed by atoms with Crippen LogP contribution in [0.15, 0.2) is 28.7 Å². The van der Waals surface area contributed by atoms with Crippen molar-refractivity contribution >= 4 is 28.1 Å². The highest BCUT2D eigenvalue weighted by Gasteiger charge is 2.30. The van der Waals surface area contributed by atoms with Crippen LogP contribution >= 0.6 is 15.9 Å². The summed E-state index contributed by atoms with van der Waals surface area (Å²) in [5, 5.41) is 0. The topological polar surface area (TPSA) is 55.8 Å². The molecule has 1 aromatic carbocycles. The molecule has 0 radical (unpaired) electrons. The van der Waals surface area contributed by atoms with Gasteiger partial charge in [0, 0.05) is 11.0 Å². The van der Waals surface area contributed by atoms with E-state index in [1.807, 2.05) is 24.3 Å². The van der Waals surface area contributed by atoms with E-state index in [1.54, 1.807) is 41.5 Å². The first-order valence-electron chi connectivity index (χ1n) is 7.85. The van der Waals surface area contributed by atoms with E-state index in [9.17, 15) is 9.59 Å². The van der Waals surface area contributed by atoms with Gasteiger partial charge in [-0.3, -0.25) is 0 Å². The Morgan fingerprint density at radius 3 is 1.92 bits per heavy atom. The summed E-state index contributed by atoms with van der Waals surface area (Å²) in [5.74, 6) is 0. The quantitative estimate of drug-likeness (QED) is 0.703. The summed E-state index contributed by atoms with van der Waals surface area (Å²) in [7, 11) is 0. The molecule has 2 amide bonds. The number of carbonyl (C=O) groups is 2. The fourth-order valence-electron chi connectivity index (χ4n) is 1.82. The fourth-order valence-corrected chi connectivity index (χ4v) is 2.27. The van der Waals surface area contributed by atoms with Crippen molar-refractivity contribution in [3.8, 4) is 0 Å². The first-order chi connectivity index (χ1) is 10.9. The predicted octanol–water partition coefficient (Wildman–Crippen LogP) is 5.16. The van der Waals surface area contributed by atoms with Gasteiger partial charge in [-0.15, -0.1) is 0 Å². The number of halogens is 1. The van der Waals surface area contributed by atoms with E-state index in [-0.39, 0.29) is 6.54 Å². The molecule has 0 aliphatic rings. The molecule has 0 aromatic heterocycles. The number of amides is 2. The van der Waals surface area contributed by atoms with Gasteiger partial charge in [0.05, 0.1) is 0 Å². The average molecular weight is 400 g/mol. The molecule has 0 bridgehead atoms. The summed E-state index contributed by atoms with van der Waals surface area (Å²) in [4.78, 5) is 25.7. The zero-order valence-electron chi connectivity index (χ0n) is 15.2.